The maximum absolute atomic E-state index is 10.8. The summed E-state index contributed by atoms with van der Waals surface area (Å²) in [5.74, 6) is -0.260. The molecule has 0 bridgehead atoms. The third kappa shape index (κ3) is 5.01. The Morgan fingerprint density at radius 2 is 2.16 bits per heavy atom. The number of likely N-dealkylation sites (tertiary alicyclic amines) is 1. The van der Waals surface area contributed by atoms with E-state index in [1.807, 2.05) is 6.07 Å². The van der Waals surface area contributed by atoms with E-state index in [1.54, 1.807) is 0 Å². The fourth-order valence-corrected chi connectivity index (χ4v) is 2.47. The molecule has 1 amide bonds. The van der Waals surface area contributed by atoms with Gasteiger partial charge in [0.15, 0.2) is 0 Å². The van der Waals surface area contributed by atoms with E-state index in [4.69, 9.17) is 10.5 Å². The lowest BCUT2D eigenvalue weighted by Crippen LogP contribution is -2.33. The summed E-state index contributed by atoms with van der Waals surface area (Å²) in [5.41, 5.74) is 6.54. The third-order valence-corrected chi connectivity index (χ3v) is 3.41. The number of benzene rings is 1. The zero-order chi connectivity index (χ0) is 13.5. The van der Waals surface area contributed by atoms with Gasteiger partial charge >= 0.3 is 0 Å². The first-order valence-corrected chi connectivity index (χ1v) is 6.90. The standard InChI is InChI=1S/C15H22N2O2/c16-15(18)12-17-9-8-14(11-17)19-10-4-7-13-5-2-1-3-6-13/h1-3,5-6,14H,4,7-12H2,(H2,16,18)/t14-/m1/s1. The van der Waals surface area contributed by atoms with Crippen LogP contribution in [-0.2, 0) is 16.0 Å². The molecule has 1 aromatic rings. The van der Waals surface area contributed by atoms with Crippen LogP contribution in [0.4, 0.5) is 0 Å². The second kappa shape index (κ2) is 7.26. The Kier molecular flexibility index (Phi) is 5.36. The van der Waals surface area contributed by atoms with Crippen molar-refractivity contribution in [3.63, 3.8) is 0 Å². The molecule has 1 aromatic carbocycles. The van der Waals surface area contributed by atoms with Crippen LogP contribution in [0, 0.1) is 0 Å². The fourth-order valence-electron chi connectivity index (χ4n) is 2.47. The van der Waals surface area contributed by atoms with Crippen LogP contribution in [0.15, 0.2) is 30.3 Å². The fraction of sp³-hybridized carbons (Fsp3) is 0.533. The molecule has 4 heteroatoms. The number of hydrogen-bond donors (Lipinski definition) is 1. The van der Waals surface area contributed by atoms with Crippen molar-refractivity contribution in [1.29, 1.82) is 0 Å². The first-order chi connectivity index (χ1) is 9.24. The molecule has 4 nitrogen and oxygen atoms in total. The number of aryl methyl sites for hydroxylation is 1. The van der Waals surface area contributed by atoms with Crippen molar-refractivity contribution in [3.05, 3.63) is 35.9 Å². The highest BCUT2D eigenvalue weighted by Gasteiger charge is 2.23. The summed E-state index contributed by atoms with van der Waals surface area (Å²) in [5, 5.41) is 0. The molecular formula is C15H22N2O2. The van der Waals surface area contributed by atoms with Crippen LogP contribution in [0.3, 0.4) is 0 Å². The molecule has 19 heavy (non-hydrogen) atoms. The van der Waals surface area contributed by atoms with Crippen molar-refractivity contribution in [1.82, 2.24) is 4.90 Å². The molecular weight excluding hydrogens is 240 g/mol. The van der Waals surface area contributed by atoms with Gasteiger partial charge in [0, 0.05) is 19.7 Å². The van der Waals surface area contributed by atoms with Crippen molar-refractivity contribution in [2.24, 2.45) is 5.73 Å². The molecule has 1 fully saturated rings. The minimum atomic E-state index is -0.260. The van der Waals surface area contributed by atoms with Crippen LogP contribution >= 0.6 is 0 Å². The summed E-state index contributed by atoms with van der Waals surface area (Å²) >= 11 is 0. The molecule has 0 saturated carbocycles. The molecule has 0 aliphatic carbocycles. The molecule has 0 aromatic heterocycles. The molecule has 104 valence electrons. The van der Waals surface area contributed by atoms with Gasteiger partial charge in [-0.1, -0.05) is 30.3 Å². The van der Waals surface area contributed by atoms with Crippen molar-refractivity contribution in [2.75, 3.05) is 26.2 Å². The maximum Gasteiger partial charge on any atom is 0.231 e. The largest absolute Gasteiger partial charge is 0.377 e. The minimum absolute atomic E-state index is 0.259. The number of primary amides is 1. The topological polar surface area (TPSA) is 55.6 Å². The van der Waals surface area contributed by atoms with Gasteiger partial charge in [-0.25, -0.2) is 0 Å². The average molecular weight is 262 g/mol. The van der Waals surface area contributed by atoms with Gasteiger partial charge < -0.3 is 10.5 Å². The molecule has 2 N–H and O–H groups in total. The zero-order valence-corrected chi connectivity index (χ0v) is 11.3. The van der Waals surface area contributed by atoms with Gasteiger partial charge in [-0.05, 0) is 24.8 Å². The Morgan fingerprint density at radius 1 is 1.37 bits per heavy atom. The summed E-state index contributed by atoms with van der Waals surface area (Å²) in [6.45, 7) is 2.87. The lowest BCUT2D eigenvalue weighted by molar-refractivity contribution is -0.119. The minimum Gasteiger partial charge on any atom is -0.377 e. The molecule has 1 aliphatic rings. The Labute approximate surface area is 114 Å². The smallest absolute Gasteiger partial charge is 0.231 e. The van der Waals surface area contributed by atoms with Gasteiger partial charge in [-0.3, -0.25) is 9.69 Å². The van der Waals surface area contributed by atoms with E-state index in [9.17, 15) is 4.79 Å². The molecule has 0 unspecified atom stereocenters. The lowest BCUT2D eigenvalue weighted by atomic mass is 10.1. The second-order valence-electron chi connectivity index (χ2n) is 5.07. The summed E-state index contributed by atoms with van der Waals surface area (Å²) in [4.78, 5) is 12.9. The highest BCUT2D eigenvalue weighted by molar-refractivity contribution is 5.75. The second-order valence-corrected chi connectivity index (χ2v) is 5.07. The molecule has 1 aliphatic heterocycles. The van der Waals surface area contributed by atoms with E-state index in [0.717, 1.165) is 39.0 Å². The zero-order valence-electron chi connectivity index (χ0n) is 11.3. The van der Waals surface area contributed by atoms with Gasteiger partial charge in [0.25, 0.3) is 0 Å². The van der Waals surface area contributed by atoms with Crippen LogP contribution in [0.5, 0.6) is 0 Å². The highest BCUT2D eigenvalue weighted by Crippen LogP contribution is 2.12. The van der Waals surface area contributed by atoms with Crippen LogP contribution in [0.25, 0.3) is 0 Å². The number of nitrogens with two attached hydrogens (primary N) is 1. The molecule has 1 saturated heterocycles. The lowest BCUT2D eigenvalue weighted by Gasteiger charge is -2.14. The van der Waals surface area contributed by atoms with Crippen molar-refractivity contribution in [3.8, 4) is 0 Å². The molecule has 2 rings (SSSR count). The van der Waals surface area contributed by atoms with Crippen LogP contribution in [0.2, 0.25) is 0 Å². The first kappa shape index (κ1) is 14.0. The monoisotopic (exact) mass is 262 g/mol. The van der Waals surface area contributed by atoms with Gasteiger partial charge in [-0.15, -0.1) is 0 Å². The summed E-state index contributed by atoms with van der Waals surface area (Å²) in [6.07, 6.45) is 3.35. The maximum atomic E-state index is 10.8. The number of ether oxygens (including phenoxy) is 1. The van der Waals surface area contributed by atoms with Crippen molar-refractivity contribution in [2.45, 2.75) is 25.4 Å². The van der Waals surface area contributed by atoms with Crippen molar-refractivity contribution < 1.29 is 9.53 Å². The number of carbonyl (C=O) groups excluding carboxylic acids is 1. The van der Waals surface area contributed by atoms with E-state index in [2.05, 4.69) is 29.2 Å². The number of hydrogen-bond acceptors (Lipinski definition) is 3. The molecule has 1 atom stereocenters. The SMILES string of the molecule is NC(=O)CN1CC[C@@H](OCCCc2ccccc2)C1. The van der Waals surface area contributed by atoms with E-state index >= 15 is 0 Å². The number of carbonyl (C=O) groups is 1. The number of rotatable bonds is 7. The Morgan fingerprint density at radius 3 is 2.89 bits per heavy atom. The molecule has 1 heterocycles. The average Bonchev–Trinajstić information content (AvgIpc) is 2.83. The Bertz CT molecular complexity index is 394. The normalized spacial score (nSPS) is 19.7. The molecule has 0 spiro atoms. The highest BCUT2D eigenvalue weighted by atomic mass is 16.5. The van der Waals surface area contributed by atoms with Crippen LogP contribution < -0.4 is 5.73 Å². The molecule has 0 radical (unpaired) electrons. The van der Waals surface area contributed by atoms with E-state index < -0.39 is 0 Å². The predicted molar refractivity (Wildman–Crippen MR) is 74.8 cm³/mol. The predicted octanol–water partition coefficient (Wildman–Crippen LogP) is 1.20. The van der Waals surface area contributed by atoms with Gasteiger partial charge in [0.2, 0.25) is 5.91 Å². The van der Waals surface area contributed by atoms with E-state index in [-0.39, 0.29) is 12.0 Å². The van der Waals surface area contributed by atoms with Gasteiger partial charge in [-0.2, -0.15) is 0 Å². The Hall–Kier alpha value is -1.39. The van der Waals surface area contributed by atoms with Crippen molar-refractivity contribution >= 4 is 5.91 Å². The van der Waals surface area contributed by atoms with E-state index in [1.165, 1.54) is 5.56 Å². The van der Waals surface area contributed by atoms with Gasteiger partial charge in [0.05, 0.1) is 12.6 Å². The Balaban J connectivity index is 1.58. The number of nitrogens with zero attached hydrogens (tertiary/aromatic N) is 1. The number of amides is 1. The van der Waals surface area contributed by atoms with Gasteiger partial charge in [0.1, 0.15) is 0 Å². The summed E-state index contributed by atoms with van der Waals surface area (Å²) in [7, 11) is 0. The third-order valence-electron chi connectivity index (χ3n) is 3.41. The summed E-state index contributed by atoms with van der Waals surface area (Å²) in [6, 6.07) is 10.4. The van der Waals surface area contributed by atoms with E-state index in [0.29, 0.717) is 6.54 Å². The van der Waals surface area contributed by atoms with Crippen LogP contribution in [0.1, 0.15) is 18.4 Å². The quantitative estimate of drug-likeness (QED) is 0.751. The van der Waals surface area contributed by atoms with Crippen LogP contribution in [-0.4, -0.2) is 43.2 Å². The first-order valence-electron chi connectivity index (χ1n) is 6.90. The summed E-state index contributed by atoms with van der Waals surface area (Å²) < 4.78 is 5.84.